The maximum Gasteiger partial charge on any atom is 0.138 e. The molecular formula is C13H18N4. The maximum atomic E-state index is 6.20. The Hall–Kier alpha value is -1.71. The van der Waals surface area contributed by atoms with Gasteiger partial charge in [0.1, 0.15) is 11.5 Å². The fraction of sp³-hybridized carbons (Fsp3) is 0.462. The van der Waals surface area contributed by atoms with E-state index in [1.807, 2.05) is 24.6 Å². The standard InChI is InChI=1S/C13H18N4/c1-16(2)10-6-7-11-15-12(9-4-3-5-9)13(14)17(11)8-10/h6-9H,3-5,14H2,1-2H3. The molecule has 0 unspecified atom stereocenters. The summed E-state index contributed by atoms with van der Waals surface area (Å²) in [4.78, 5) is 6.73. The Labute approximate surface area is 101 Å². The van der Waals surface area contributed by atoms with Crippen LogP contribution in [0.4, 0.5) is 11.5 Å². The fourth-order valence-electron chi connectivity index (χ4n) is 2.32. The lowest BCUT2D eigenvalue weighted by Gasteiger charge is -2.23. The van der Waals surface area contributed by atoms with Gasteiger partial charge in [0.05, 0.1) is 11.4 Å². The second kappa shape index (κ2) is 3.65. The molecule has 0 spiro atoms. The van der Waals surface area contributed by atoms with Crippen molar-refractivity contribution >= 4 is 17.2 Å². The topological polar surface area (TPSA) is 46.6 Å². The van der Waals surface area contributed by atoms with Crippen LogP contribution in [0.5, 0.6) is 0 Å². The van der Waals surface area contributed by atoms with Crippen molar-refractivity contribution in [3.63, 3.8) is 0 Å². The average molecular weight is 230 g/mol. The van der Waals surface area contributed by atoms with Crippen molar-refractivity contribution in [2.45, 2.75) is 25.2 Å². The largest absolute Gasteiger partial charge is 0.383 e. The second-order valence-corrected chi connectivity index (χ2v) is 5.02. The fourth-order valence-corrected chi connectivity index (χ4v) is 2.32. The number of fused-ring (bicyclic) bond motifs is 1. The first-order valence-corrected chi connectivity index (χ1v) is 6.11. The van der Waals surface area contributed by atoms with Gasteiger partial charge in [-0.1, -0.05) is 6.42 Å². The monoisotopic (exact) mass is 230 g/mol. The Morgan fingerprint density at radius 2 is 2.12 bits per heavy atom. The molecule has 4 nitrogen and oxygen atoms in total. The molecule has 0 atom stereocenters. The average Bonchev–Trinajstić information content (AvgIpc) is 2.54. The number of rotatable bonds is 2. The van der Waals surface area contributed by atoms with E-state index in [1.165, 1.54) is 19.3 Å². The molecule has 0 saturated heterocycles. The Balaban J connectivity index is 2.12. The molecule has 4 heteroatoms. The summed E-state index contributed by atoms with van der Waals surface area (Å²) in [5.74, 6) is 1.39. The number of anilines is 2. The number of nitrogens with zero attached hydrogens (tertiary/aromatic N) is 3. The van der Waals surface area contributed by atoms with Gasteiger partial charge in [0.25, 0.3) is 0 Å². The Morgan fingerprint density at radius 3 is 2.71 bits per heavy atom. The van der Waals surface area contributed by atoms with Gasteiger partial charge >= 0.3 is 0 Å². The van der Waals surface area contributed by atoms with Gasteiger partial charge < -0.3 is 10.6 Å². The summed E-state index contributed by atoms with van der Waals surface area (Å²) in [7, 11) is 4.06. The van der Waals surface area contributed by atoms with Crippen molar-refractivity contribution in [3.05, 3.63) is 24.0 Å². The SMILES string of the molecule is CN(C)c1ccc2nc(C3CCC3)c(N)n2c1. The number of imidazole rings is 1. The van der Waals surface area contributed by atoms with E-state index >= 15 is 0 Å². The molecule has 2 N–H and O–H groups in total. The molecule has 0 bridgehead atoms. The molecule has 1 aliphatic rings. The van der Waals surface area contributed by atoms with E-state index in [4.69, 9.17) is 5.73 Å². The lowest BCUT2D eigenvalue weighted by Crippen LogP contribution is -2.11. The van der Waals surface area contributed by atoms with E-state index < -0.39 is 0 Å². The van der Waals surface area contributed by atoms with E-state index in [0.29, 0.717) is 5.92 Å². The van der Waals surface area contributed by atoms with Crippen LogP contribution in [0.25, 0.3) is 5.65 Å². The first kappa shape index (κ1) is 10.4. The molecule has 2 aromatic heterocycles. The molecule has 1 saturated carbocycles. The molecule has 17 heavy (non-hydrogen) atoms. The van der Waals surface area contributed by atoms with Crippen molar-refractivity contribution in [1.82, 2.24) is 9.38 Å². The molecule has 1 aliphatic carbocycles. The predicted molar refractivity (Wildman–Crippen MR) is 70.5 cm³/mol. The van der Waals surface area contributed by atoms with Crippen molar-refractivity contribution < 1.29 is 0 Å². The molecule has 0 radical (unpaired) electrons. The zero-order valence-corrected chi connectivity index (χ0v) is 10.3. The van der Waals surface area contributed by atoms with Gasteiger partial charge in [0, 0.05) is 26.2 Å². The van der Waals surface area contributed by atoms with Crippen LogP contribution >= 0.6 is 0 Å². The van der Waals surface area contributed by atoms with E-state index in [-0.39, 0.29) is 0 Å². The Bertz CT molecular complexity index is 552. The summed E-state index contributed by atoms with van der Waals surface area (Å²) in [5.41, 5.74) is 9.38. The minimum absolute atomic E-state index is 0.581. The third-order valence-electron chi connectivity index (χ3n) is 3.68. The molecule has 1 fully saturated rings. The molecule has 0 amide bonds. The van der Waals surface area contributed by atoms with Gasteiger partial charge in [-0.15, -0.1) is 0 Å². The number of nitrogens with two attached hydrogens (primary N) is 1. The third kappa shape index (κ3) is 1.55. The van der Waals surface area contributed by atoms with Gasteiger partial charge in [0.2, 0.25) is 0 Å². The number of nitrogen functional groups attached to an aromatic ring is 1. The van der Waals surface area contributed by atoms with Crippen LogP contribution in [0.15, 0.2) is 18.3 Å². The summed E-state index contributed by atoms with van der Waals surface area (Å²) in [6, 6.07) is 4.11. The normalized spacial score (nSPS) is 16.1. The zero-order chi connectivity index (χ0) is 12.0. The highest BCUT2D eigenvalue weighted by atomic mass is 15.1. The van der Waals surface area contributed by atoms with Crippen LogP contribution in [0, 0.1) is 0 Å². The first-order chi connectivity index (χ1) is 8.16. The highest BCUT2D eigenvalue weighted by Gasteiger charge is 2.25. The van der Waals surface area contributed by atoms with Crippen molar-refractivity contribution in [2.75, 3.05) is 24.7 Å². The molecule has 2 aromatic rings. The predicted octanol–water partition coefficient (Wildman–Crippen LogP) is 2.25. The number of hydrogen-bond donors (Lipinski definition) is 1. The molecular weight excluding hydrogens is 212 g/mol. The first-order valence-electron chi connectivity index (χ1n) is 6.11. The minimum atomic E-state index is 0.581. The molecule has 3 rings (SSSR count). The summed E-state index contributed by atoms with van der Waals surface area (Å²) in [6.45, 7) is 0. The third-order valence-corrected chi connectivity index (χ3v) is 3.68. The van der Waals surface area contributed by atoms with Gasteiger partial charge in [0.15, 0.2) is 0 Å². The number of pyridine rings is 1. The number of aromatic nitrogens is 2. The Morgan fingerprint density at radius 1 is 1.35 bits per heavy atom. The van der Waals surface area contributed by atoms with E-state index in [2.05, 4.69) is 22.1 Å². The number of hydrogen-bond acceptors (Lipinski definition) is 3. The van der Waals surface area contributed by atoms with Gasteiger partial charge in [-0.05, 0) is 25.0 Å². The highest BCUT2D eigenvalue weighted by Crippen LogP contribution is 2.38. The van der Waals surface area contributed by atoms with Gasteiger partial charge in [-0.3, -0.25) is 4.40 Å². The van der Waals surface area contributed by atoms with Crippen LogP contribution in [0.1, 0.15) is 30.9 Å². The van der Waals surface area contributed by atoms with Gasteiger partial charge in [-0.25, -0.2) is 4.98 Å². The highest BCUT2D eigenvalue weighted by molar-refractivity contribution is 5.59. The Kier molecular flexibility index (Phi) is 2.24. The molecule has 2 heterocycles. The lowest BCUT2D eigenvalue weighted by molar-refractivity contribution is 0.414. The smallest absolute Gasteiger partial charge is 0.138 e. The van der Waals surface area contributed by atoms with E-state index in [9.17, 15) is 0 Å². The second-order valence-electron chi connectivity index (χ2n) is 5.02. The molecule has 90 valence electrons. The van der Waals surface area contributed by atoms with E-state index in [0.717, 1.165) is 22.8 Å². The van der Waals surface area contributed by atoms with Crippen molar-refractivity contribution in [2.24, 2.45) is 0 Å². The van der Waals surface area contributed by atoms with Crippen molar-refractivity contribution in [3.8, 4) is 0 Å². The summed E-state index contributed by atoms with van der Waals surface area (Å²) in [6.07, 6.45) is 5.82. The van der Waals surface area contributed by atoms with Crippen LogP contribution in [0.3, 0.4) is 0 Å². The minimum Gasteiger partial charge on any atom is -0.383 e. The van der Waals surface area contributed by atoms with E-state index in [1.54, 1.807) is 0 Å². The van der Waals surface area contributed by atoms with Crippen LogP contribution in [-0.4, -0.2) is 23.5 Å². The molecule has 0 aliphatic heterocycles. The lowest BCUT2D eigenvalue weighted by atomic mass is 9.83. The quantitative estimate of drug-likeness (QED) is 0.860. The van der Waals surface area contributed by atoms with Crippen LogP contribution in [0.2, 0.25) is 0 Å². The van der Waals surface area contributed by atoms with Gasteiger partial charge in [-0.2, -0.15) is 0 Å². The zero-order valence-electron chi connectivity index (χ0n) is 10.3. The van der Waals surface area contributed by atoms with Crippen LogP contribution < -0.4 is 10.6 Å². The summed E-state index contributed by atoms with van der Waals surface area (Å²) < 4.78 is 2.00. The van der Waals surface area contributed by atoms with Crippen LogP contribution in [-0.2, 0) is 0 Å². The molecule has 0 aromatic carbocycles. The maximum absolute atomic E-state index is 6.20. The summed E-state index contributed by atoms with van der Waals surface area (Å²) in [5, 5.41) is 0. The van der Waals surface area contributed by atoms with Crippen molar-refractivity contribution in [1.29, 1.82) is 0 Å². The summed E-state index contributed by atoms with van der Waals surface area (Å²) >= 11 is 0.